The van der Waals surface area contributed by atoms with Crippen LogP contribution in [0.25, 0.3) is 0 Å². The third-order valence-electron chi connectivity index (χ3n) is 11.0. The second-order valence-electron chi connectivity index (χ2n) is 13.7. The molecule has 0 saturated carbocycles. The molecule has 0 N–H and O–H groups in total. The first-order valence-electron chi connectivity index (χ1n) is 18.4. The maximum atomic E-state index is 15.0. The number of methoxy groups -OCH3 is 4. The maximum absolute atomic E-state index is 15.0. The van der Waals surface area contributed by atoms with Crippen LogP contribution in [0, 0.1) is 11.8 Å². The van der Waals surface area contributed by atoms with Crippen molar-refractivity contribution < 1.29 is 47.6 Å². The molecule has 4 aromatic carbocycles. The van der Waals surface area contributed by atoms with Gasteiger partial charge in [-0.2, -0.15) is 0 Å². The van der Waals surface area contributed by atoms with E-state index >= 15 is 9.59 Å². The molecule has 0 radical (unpaired) electrons. The van der Waals surface area contributed by atoms with E-state index in [0.717, 1.165) is 0 Å². The van der Waals surface area contributed by atoms with Crippen LogP contribution in [0.4, 0.5) is 11.4 Å². The van der Waals surface area contributed by atoms with Crippen molar-refractivity contribution in [1.29, 1.82) is 0 Å². The largest absolute Gasteiger partial charge is 0.497 e. The Labute approximate surface area is 323 Å². The minimum absolute atomic E-state index is 0.365. The molecule has 14 heteroatoms. The summed E-state index contributed by atoms with van der Waals surface area (Å²) in [4.78, 5) is 62.4. The lowest BCUT2D eigenvalue weighted by molar-refractivity contribution is -0.136. The van der Waals surface area contributed by atoms with E-state index in [9.17, 15) is 9.59 Å². The molecule has 0 aromatic heterocycles. The van der Waals surface area contributed by atoms with Crippen molar-refractivity contribution in [2.45, 2.75) is 38.0 Å². The first kappa shape index (κ1) is 36.8. The van der Waals surface area contributed by atoms with Gasteiger partial charge in [-0.3, -0.25) is 19.2 Å². The molecular weight excluding hydrogens is 720 g/mol. The fourth-order valence-electron chi connectivity index (χ4n) is 8.82. The van der Waals surface area contributed by atoms with Crippen molar-refractivity contribution in [3.05, 3.63) is 96.1 Å². The number of anilines is 2. The van der Waals surface area contributed by atoms with Gasteiger partial charge in [0.1, 0.15) is 46.6 Å². The third kappa shape index (κ3) is 5.54. The highest BCUT2D eigenvalue weighted by Crippen LogP contribution is 2.61. The summed E-state index contributed by atoms with van der Waals surface area (Å²) in [5.74, 6) is -1.09. The van der Waals surface area contributed by atoms with E-state index in [-0.39, 0.29) is 0 Å². The van der Waals surface area contributed by atoms with Crippen LogP contribution >= 0.6 is 0 Å². The second kappa shape index (κ2) is 14.5. The van der Waals surface area contributed by atoms with E-state index in [2.05, 4.69) is 0 Å². The summed E-state index contributed by atoms with van der Waals surface area (Å²) in [7, 11) is 6.08. The molecule has 290 valence electrons. The number of hydrazine groups is 1. The maximum Gasteiger partial charge on any atom is 0.253 e. The molecular formula is C42H42N4O10. The predicted octanol–water partition coefficient (Wildman–Crippen LogP) is 4.96. The number of hydrogen-bond donors (Lipinski definition) is 0. The quantitative estimate of drug-likeness (QED) is 0.181. The molecule has 4 heterocycles. The topological polar surface area (TPSA) is 137 Å². The number of fused-ring (bicyclic) bond motifs is 5. The lowest BCUT2D eigenvalue weighted by Gasteiger charge is -2.36. The molecule has 4 aromatic rings. The van der Waals surface area contributed by atoms with Crippen LogP contribution in [-0.4, -0.2) is 87.4 Å². The van der Waals surface area contributed by atoms with Crippen LogP contribution in [0.2, 0.25) is 0 Å². The Hall–Kier alpha value is -6.12. The van der Waals surface area contributed by atoms with Crippen molar-refractivity contribution in [1.82, 2.24) is 10.0 Å². The van der Waals surface area contributed by atoms with Gasteiger partial charge in [0, 0.05) is 11.1 Å². The Morgan fingerprint density at radius 2 is 0.804 bits per heavy atom. The summed E-state index contributed by atoms with van der Waals surface area (Å²) >= 11 is 0. The number of carbonyl (C=O) groups is 4. The summed E-state index contributed by atoms with van der Waals surface area (Å²) in [5.41, 5.74) is 1.75. The minimum atomic E-state index is -1.14. The van der Waals surface area contributed by atoms with Crippen LogP contribution < -0.4 is 38.2 Å². The summed E-state index contributed by atoms with van der Waals surface area (Å²) < 4.78 is 34.3. The van der Waals surface area contributed by atoms with Crippen LogP contribution in [0.5, 0.6) is 34.5 Å². The summed E-state index contributed by atoms with van der Waals surface area (Å²) in [5, 5.41) is 3.53. The van der Waals surface area contributed by atoms with Crippen LogP contribution in [0.15, 0.2) is 84.9 Å². The smallest absolute Gasteiger partial charge is 0.253 e. The highest BCUT2D eigenvalue weighted by Gasteiger charge is 2.74. The Kier molecular flexibility index (Phi) is 9.54. The number of ether oxygens (including phenoxy) is 6. The standard InChI is InChI=1S/C42H42N4O10/c1-7-55-25-13-9-23(10-14-25)43-39(47)33-35(29-21-27(51-3)17-19-31(29)53-5)46-38-34(40(48)44(42(38)50)24-11-15-26(16-12-24)56-8-2)36(45(46)37(33)41(43)49)30-22-28(52-4)18-20-32(30)54-6/h9-22,33-38H,7-8H2,1-6H3. The van der Waals surface area contributed by atoms with E-state index < -0.39 is 59.6 Å². The molecule has 6 unspecified atom stereocenters. The van der Waals surface area contributed by atoms with Gasteiger partial charge >= 0.3 is 0 Å². The molecule has 4 amide bonds. The normalized spacial score (nSPS) is 24.3. The summed E-state index contributed by atoms with van der Waals surface area (Å²) in [6.45, 7) is 4.64. The fraction of sp³-hybridized carbons (Fsp3) is 0.333. The molecule has 0 spiro atoms. The Balaban J connectivity index is 1.35. The van der Waals surface area contributed by atoms with Gasteiger partial charge in [-0.15, -0.1) is 0 Å². The van der Waals surface area contributed by atoms with Gasteiger partial charge in [-0.05, 0) is 98.8 Å². The van der Waals surface area contributed by atoms with Gasteiger partial charge in [-0.25, -0.2) is 19.8 Å². The Morgan fingerprint density at radius 1 is 0.446 bits per heavy atom. The monoisotopic (exact) mass is 762 g/mol. The fourth-order valence-corrected chi connectivity index (χ4v) is 8.82. The molecule has 14 nitrogen and oxygen atoms in total. The summed E-state index contributed by atoms with van der Waals surface area (Å²) in [6, 6.07) is 19.7. The number of nitrogens with zero attached hydrogens (tertiary/aromatic N) is 4. The van der Waals surface area contributed by atoms with Gasteiger partial charge in [0.05, 0.1) is 76.9 Å². The van der Waals surface area contributed by atoms with E-state index in [4.69, 9.17) is 28.4 Å². The van der Waals surface area contributed by atoms with Crippen molar-refractivity contribution >= 4 is 35.0 Å². The predicted molar refractivity (Wildman–Crippen MR) is 203 cm³/mol. The van der Waals surface area contributed by atoms with Gasteiger partial charge in [0.15, 0.2) is 0 Å². The molecule has 4 aliphatic heterocycles. The van der Waals surface area contributed by atoms with Gasteiger partial charge in [-0.1, -0.05) is 0 Å². The van der Waals surface area contributed by atoms with E-state index in [1.807, 2.05) is 13.8 Å². The van der Waals surface area contributed by atoms with Gasteiger partial charge in [0.25, 0.3) is 11.8 Å². The molecule has 4 aliphatic rings. The lowest BCUT2D eigenvalue weighted by atomic mass is 9.83. The molecule has 0 aliphatic carbocycles. The average molecular weight is 763 g/mol. The van der Waals surface area contributed by atoms with Crippen LogP contribution in [0.3, 0.4) is 0 Å². The van der Waals surface area contributed by atoms with Crippen LogP contribution in [0.1, 0.15) is 37.1 Å². The average Bonchev–Trinajstić information content (AvgIpc) is 3.89. The minimum Gasteiger partial charge on any atom is -0.497 e. The van der Waals surface area contributed by atoms with E-state index in [1.54, 1.807) is 94.9 Å². The van der Waals surface area contributed by atoms with Crippen molar-refractivity contribution in [2.75, 3.05) is 51.5 Å². The van der Waals surface area contributed by atoms with Crippen molar-refractivity contribution in [2.24, 2.45) is 11.8 Å². The number of imide groups is 2. The number of carbonyl (C=O) groups excluding carboxylic acids is 4. The second-order valence-corrected chi connectivity index (χ2v) is 13.7. The van der Waals surface area contributed by atoms with E-state index in [1.165, 1.54) is 38.2 Å². The van der Waals surface area contributed by atoms with Crippen molar-refractivity contribution in [3.63, 3.8) is 0 Å². The zero-order valence-corrected chi connectivity index (χ0v) is 31.8. The highest BCUT2D eigenvalue weighted by atomic mass is 16.5. The first-order chi connectivity index (χ1) is 27.2. The molecule has 56 heavy (non-hydrogen) atoms. The lowest BCUT2D eigenvalue weighted by Crippen LogP contribution is -2.50. The number of benzene rings is 4. The van der Waals surface area contributed by atoms with Crippen molar-refractivity contribution in [3.8, 4) is 34.5 Å². The number of amides is 4. The molecule has 8 rings (SSSR count). The highest BCUT2D eigenvalue weighted by molar-refractivity contribution is 6.26. The number of hydrogen-bond acceptors (Lipinski definition) is 12. The molecule has 4 fully saturated rings. The summed E-state index contributed by atoms with van der Waals surface area (Å²) in [6.07, 6.45) is 0. The van der Waals surface area contributed by atoms with Gasteiger partial charge < -0.3 is 28.4 Å². The molecule has 6 atom stereocenters. The first-order valence-corrected chi connectivity index (χ1v) is 18.4. The number of rotatable bonds is 12. The van der Waals surface area contributed by atoms with Gasteiger partial charge in [0.2, 0.25) is 11.8 Å². The zero-order chi connectivity index (χ0) is 39.4. The Morgan fingerprint density at radius 3 is 1.12 bits per heavy atom. The molecule has 4 saturated heterocycles. The third-order valence-corrected chi connectivity index (χ3v) is 11.0. The SMILES string of the molecule is CCOc1ccc(N2C(=O)C3C(C2=O)N2C(c4cc(OC)ccc4OC)C4C(=O)N(c5ccc(OCC)cc5)C(=O)C4N2C3c2cc(OC)ccc2OC)cc1. The van der Waals surface area contributed by atoms with E-state index in [0.29, 0.717) is 70.2 Å². The van der Waals surface area contributed by atoms with Crippen LogP contribution in [-0.2, 0) is 19.2 Å². The zero-order valence-electron chi connectivity index (χ0n) is 31.8. The molecule has 0 bridgehead atoms. The Bertz CT molecular complexity index is 2040.